The predicted octanol–water partition coefficient (Wildman–Crippen LogP) is -0.263. The number of hydrazine groups is 1. The van der Waals surface area contributed by atoms with Crippen molar-refractivity contribution < 1.29 is 13.2 Å². The maximum absolute atomic E-state index is 11.5. The van der Waals surface area contributed by atoms with Gasteiger partial charge in [0.05, 0.1) is 11.1 Å². The molecule has 0 aromatic carbocycles. The van der Waals surface area contributed by atoms with Gasteiger partial charge in [0.1, 0.15) is 0 Å². The number of hydrogen-bond donors (Lipinski definition) is 2. The monoisotopic (exact) mass is 332 g/mol. The van der Waals surface area contributed by atoms with Crippen LogP contribution in [0.1, 0.15) is 20.1 Å². The van der Waals surface area contributed by atoms with Gasteiger partial charge in [-0.1, -0.05) is 0 Å². The largest absolute Gasteiger partial charge is 0.296 e. The van der Waals surface area contributed by atoms with Crippen LogP contribution in [0.5, 0.6) is 0 Å². The molecule has 0 saturated carbocycles. The second kappa shape index (κ2) is 6.41. The van der Waals surface area contributed by atoms with E-state index in [4.69, 9.17) is 5.84 Å². The van der Waals surface area contributed by atoms with Gasteiger partial charge in [0.15, 0.2) is 0 Å². The van der Waals surface area contributed by atoms with E-state index in [1.54, 1.807) is 0 Å². The Labute approximate surface area is 128 Å². The molecule has 0 aliphatic carbocycles. The van der Waals surface area contributed by atoms with Crippen LogP contribution in [-0.4, -0.2) is 56.0 Å². The highest BCUT2D eigenvalue weighted by Crippen LogP contribution is 2.23. The number of thiophene rings is 1. The van der Waals surface area contributed by atoms with Gasteiger partial charge >= 0.3 is 0 Å². The smallest absolute Gasteiger partial charge is 0.275 e. The highest BCUT2D eigenvalue weighted by atomic mass is 32.2. The molecule has 1 aliphatic rings. The minimum absolute atomic E-state index is 0.281. The van der Waals surface area contributed by atoms with Crippen LogP contribution in [0, 0.1) is 6.92 Å². The number of carbonyl (C=O) groups is 1. The van der Waals surface area contributed by atoms with Gasteiger partial charge in [0.2, 0.25) is 10.0 Å². The number of sulfonamides is 1. The third-order valence-corrected chi connectivity index (χ3v) is 5.96. The van der Waals surface area contributed by atoms with Crippen LogP contribution in [0.25, 0.3) is 0 Å². The molecular weight excluding hydrogens is 312 g/mol. The van der Waals surface area contributed by atoms with Crippen molar-refractivity contribution in [3.05, 3.63) is 21.4 Å². The SMILES string of the molecule is Cc1sc(C(=O)NN)cc1CN1CCN(S(C)(=O)=O)CC1. The summed E-state index contributed by atoms with van der Waals surface area (Å²) in [6.07, 6.45) is 1.24. The fraction of sp³-hybridized carbons (Fsp3) is 0.583. The van der Waals surface area contributed by atoms with Crippen LogP contribution in [0.4, 0.5) is 0 Å². The molecule has 1 amide bonds. The van der Waals surface area contributed by atoms with Gasteiger partial charge in [-0.3, -0.25) is 15.1 Å². The number of nitrogens with two attached hydrogens (primary N) is 1. The second-order valence-electron chi connectivity index (χ2n) is 5.10. The molecule has 1 aromatic heterocycles. The summed E-state index contributed by atoms with van der Waals surface area (Å²) in [5, 5.41) is 0. The Morgan fingerprint density at radius 1 is 1.38 bits per heavy atom. The molecule has 0 spiro atoms. The van der Waals surface area contributed by atoms with E-state index in [0.717, 1.165) is 17.0 Å². The number of nitrogen functional groups attached to an aromatic ring is 1. The maximum atomic E-state index is 11.5. The van der Waals surface area contributed by atoms with Gasteiger partial charge in [-0.05, 0) is 18.6 Å². The maximum Gasteiger partial charge on any atom is 0.275 e. The molecule has 1 aromatic rings. The third kappa shape index (κ3) is 4.01. The first kappa shape index (κ1) is 16.4. The summed E-state index contributed by atoms with van der Waals surface area (Å²) in [7, 11) is -3.10. The number of aryl methyl sites for hydroxylation is 1. The van der Waals surface area contributed by atoms with E-state index >= 15 is 0 Å². The standard InChI is InChI=1S/C12H20N4O3S2/c1-9-10(7-11(20-9)12(17)14-13)8-15-3-5-16(6-4-15)21(2,18)19/h7H,3-6,8,13H2,1-2H3,(H,14,17). The van der Waals surface area contributed by atoms with Crippen molar-refractivity contribution in [1.29, 1.82) is 0 Å². The lowest BCUT2D eigenvalue weighted by atomic mass is 10.2. The second-order valence-corrected chi connectivity index (χ2v) is 8.34. The van der Waals surface area contributed by atoms with Gasteiger partial charge in [-0.25, -0.2) is 14.3 Å². The molecule has 0 atom stereocenters. The van der Waals surface area contributed by atoms with E-state index in [1.165, 1.54) is 21.9 Å². The van der Waals surface area contributed by atoms with E-state index in [-0.39, 0.29) is 5.91 Å². The lowest BCUT2D eigenvalue weighted by Gasteiger charge is -2.33. The average molecular weight is 332 g/mol. The van der Waals surface area contributed by atoms with Crippen LogP contribution in [0.3, 0.4) is 0 Å². The van der Waals surface area contributed by atoms with Gasteiger partial charge in [0.25, 0.3) is 5.91 Å². The van der Waals surface area contributed by atoms with Crippen molar-refractivity contribution in [2.24, 2.45) is 5.84 Å². The molecule has 7 nitrogen and oxygen atoms in total. The molecular formula is C12H20N4O3S2. The predicted molar refractivity (Wildman–Crippen MR) is 82.4 cm³/mol. The van der Waals surface area contributed by atoms with E-state index in [9.17, 15) is 13.2 Å². The van der Waals surface area contributed by atoms with Crippen molar-refractivity contribution in [2.45, 2.75) is 13.5 Å². The zero-order valence-corrected chi connectivity index (χ0v) is 13.8. The Morgan fingerprint density at radius 2 is 2.00 bits per heavy atom. The summed E-state index contributed by atoms with van der Waals surface area (Å²) in [5.74, 6) is 4.86. The first-order chi connectivity index (χ1) is 9.81. The molecule has 1 saturated heterocycles. The summed E-state index contributed by atoms with van der Waals surface area (Å²) in [4.78, 5) is 15.4. The number of hydrogen-bond acceptors (Lipinski definition) is 6. The number of carbonyl (C=O) groups excluding carboxylic acids is 1. The number of nitrogens with zero attached hydrogens (tertiary/aromatic N) is 2. The summed E-state index contributed by atoms with van der Waals surface area (Å²) < 4.78 is 24.4. The molecule has 1 fully saturated rings. The number of piperazine rings is 1. The van der Waals surface area contributed by atoms with Crippen molar-refractivity contribution in [3.63, 3.8) is 0 Å². The van der Waals surface area contributed by atoms with E-state index < -0.39 is 10.0 Å². The molecule has 9 heteroatoms. The first-order valence-electron chi connectivity index (χ1n) is 6.59. The minimum atomic E-state index is -3.10. The first-order valence-corrected chi connectivity index (χ1v) is 9.25. The van der Waals surface area contributed by atoms with Gasteiger partial charge < -0.3 is 0 Å². The van der Waals surface area contributed by atoms with Crippen LogP contribution >= 0.6 is 11.3 Å². The van der Waals surface area contributed by atoms with E-state index in [2.05, 4.69) is 10.3 Å². The lowest BCUT2D eigenvalue weighted by Crippen LogP contribution is -2.47. The fourth-order valence-corrected chi connectivity index (χ4v) is 4.08. The minimum Gasteiger partial charge on any atom is -0.296 e. The molecule has 2 rings (SSSR count). The topological polar surface area (TPSA) is 95.7 Å². The van der Waals surface area contributed by atoms with Gasteiger partial charge in [0, 0.05) is 37.6 Å². The fourth-order valence-electron chi connectivity index (χ4n) is 2.32. The van der Waals surface area contributed by atoms with Gasteiger partial charge in [-0.15, -0.1) is 11.3 Å². The third-order valence-electron chi connectivity index (χ3n) is 3.57. The average Bonchev–Trinajstić information content (AvgIpc) is 2.79. The highest BCUT2D eigenvalue weighted by Gasteiger charge is 2.24. The number of amides is 1. The zero-order chi connectivity index (χ0) is 15.6. The molecule has 118 valence electrons. The summed E-state index contributed by atoms with van der Waals surface area (Å²) >= 11 is 1.42. The summed E-state index contributed by atoms with van der Waals surface area (Å²) in [6, 6.07) is 1.85. The Balaban J connectivity index is 1.98. The number of rotatable bonds is 4. The Bertz CT molecular complexity index is 618. The van der Waals surface area contributed by atoms with Crippen LogP contribution in [-0.2, 0) is 16.6 Å². The lowest BCUT2D eigenvalue weighted by molar-refractivity contribution is 0.0957. The van der Waals surface area contributed by atoms with Crippen molar-refractivity contribution >= 4 is 27.3 Å². The van der Waals surface area contributed by atoms with Crippen molar-refractivity contribution in [2.75, 3.05) is 32.4 Å². The highest BCUT2D eigenvalue weighted by molar-refractivity contribution is 7.88. The molecule has 1 aliphatic heterocycles. The summed E-state index contributed by atoms with van der Waals surface area (Å²) in [5.41, 5.74) is 3.22. The molecule has 3 N–H and O–H groups in total. The molecule has 0 bridgehead atoms. The number of nitrogens with one attached hydrogen (secondary N) is 1. The zero-order valence-electron chi connectivity index (χ0n) is 12.1. The Kier molecular flexibility index (Phi) is 4.99. The van der Waals surface area contributed by atoms with Crippen LogP contribution in [0.15, 0.2) is 6.07 Å². The van der Waals surface area contributed by atoms with Crippen LogP contribution in [0.2, 0.25) is 0 Å². The van der Waals surface area contributed by atoms with E-state index in [0.29, 0.717) is 31.1 Å². The van der Waals surface area contributed by atoms with Crippen molar-refractivity contribution in [1.82, 2.24) is 14.6 Å². The summed E-state index contributed by atoms with van der Waals surface area (Å²) in [6.45, 7) is 5.11. The van der Waals surface area contributed by atoms with Crippen molar-refractivity contribution in [3.8, 4) is 0 Å². The molecule has 0 radical (unpaired) electrons. The Hall–Kier alpha value is -1.00. The van der Waals surface area contributed by atoms with Gasteiger partial charge in [-0.2, -0.15) is 4.31 Å². The quantitative estimate of drug-likeness (QED) is 0.450. The normalized spacial score (nSPS) is 17.9. The van der Waals surface area contributed by atoms with Crippen LogP contribution < -0.4 is 11.3 Å². The molecule has 21 heavy (non-hydrogen) atoms. The Morgan fingerprint density at radius 3 is 2.52 bits per heavy atom. The van der Waals surface area contributed by atoms with E-state index in [1.807, 2.05) is 13.0 Å². The molecule has 2 heterocycles. The molecule has 0 unspecified atom stereocenters.